The highest BCUT2D eigenvalue weighted by Crippen LogP contribution is 2.44. The van der Waals surface area contributed by atoms with Crippen LogP contribution in [0.4, 0.5) is 5.00 Å². The molecule has 0 saturated heterocycles. The molecule has 0 bridgehead atoms. The minimum Gasteiger partial charge on any atom is -0.465 e. The zero-order chi connectivity index (χ0) is 22.9. The lowest BCUT2D eigenvalue weighted by atomic mass is 9.72. The van der Waals surface area contributed by atoms with Gasteiger partial charge in [0.2, 0.25) is 0 Å². The number of ether oxygens (including phenoxy) is 1. The van der Waals surface area contributed by atoms with Crippen molar-refractivity contribution >= 4 is 28.5 Å². The molecule has 1 atom stereocenters. The van der Waals surface area contributed by atoms with Gasteiger partial charge in [-0.1, -0.05) is 39.0 Å². The summed E-state index contributed by atoms with van der Waals surface area (Å²) in [6.07, 6.45) is 4.68. The van der Waals surface area contributed by atoms with E-state index in [-0.39, 0.29) is 5.41 Å². The Bertz CT molecular complexity index is 1220. The lowest BCUT2D eigenvalue weighted by molar-refractivity contribution is 0.0601. The van der Waals surface area contributed by atoms with Gasteiger partial charge in [0.1, 0.15) is 22.6 Å². The third-order valence-electron chi connectivity index (χ3n) is 6.12. The number of carbonyl (C=O) groups excluding carboxylic acids is 1. The smallest absolute Gasteiger partial charge is 0.338 e. The van der Waals surface area contributed by atoms with Crippen molar-refractivity contribution in [3.8, 4) is 17.4 Å². The number of methoxy groups -OCH3 is 1. The molecule has 2 aromatic heterocycles. The van der Waals surface area contributed by atoms with Gasteiger partial charge < -0.3 is 9.15 Å². The monoisotopic (exact) mass is 446 g/mol. The number of nitrogens with zero attached hydrogens (tertiary/aromatic N) is 2. The highest BCUT2D eigenvalue weighted by Gasteiger charge is 2.32. The van der Waals surface area contributed by atoms with Crippen molar-refractivity contribution in [1.82, 2.24) is 0 Å². The van der Waals surface area contributed by atoms with Crippen LogP contribution >= 0.6 is 11.3 Å². The molecule has 0 radical (unpaired) electrons. The quantitative estimate of drug-likeness (QED) is 0.336. The van der Waals surface area contributed by atoms with E-state index in [1.165, 1.54) is 12.0 Å². The molecule has 1 aliphatic carbocycles. The number of hydrogen-bond donors (Lipinski definition) is 0. The van der Waals surface area contributed by atoms with E-state index in [9.17, 15) is 10.1 Å². The maximum absolute atomic E-state index is 12.1. The second kappa shape index (κ2) is 8.76. The Kier molecular flexibility index (Phi) is 6.03. The number of carbonyl (C=O) groups is 1. The van der Waals surface area contributed by atoms with E-state index in [0.29, 0.717) is 34.1 Å². The van der Waals surface area contributed by atoms with Crippen LogP contribution in [-0.2, 0) is 17.6 Å². The fourth-order valence-electron chi connectivity index (χ4n) is 4.19. The topological polar surface area (TPSA) is 75.6 Å². The van der Waals surface area contributed by atoms with E-state index in [0.717, 1.165) is 29.8 Å². The van der Waals surface area contributed by atoms with E-state index in [1.807, 2.05) is 24.3 Å². The van der Waals surface area contributed by atoms with Crippen molar-refractivity contribution in [2.24, 2.45) is 16.3 Å². The standard InChI is InChI=1S/C26H26N2O3S/c1-26(2,3)16-9-11-19-21(14-27)24(32-23(19)13-16)28-15-17-10-12-22(31-17)18-7-5-6-8-20(18)25(29)30-4/h5-8,10,12,15-16H,9,11,13H2,1-4H3/t16-/m0/s1. The average molecular weight is 447 g/mol. The predicted molar refractivity (Wildman–Crippen MR) is 127 cm³/mol. The lowest BCUT2D eigenvalue weighted by Crippen LogP contribution is -2.26. The Morgan fingerprint density at radius 3 is 2.78 bits per heavy atom. The Hall–Kier alpha value is -3.17. The summed E-state index contributed by atoms with van der Waals surface area (Å²) in [4.78, 5) is 17.9. The molecule has 3 aromatic rings. The molecule has 0 amide bonds. The Balaban J connectivity index is 1.60. The molecule has 164 valence electrons. The van der Waals surface area contributed by atoms with E-state index in [1.54, 1.807) is 29.7 Å². The summed E-state index contributed by atoms with van der Waals surface area (Å²) in [5.41, 5.74) is 3.22. The van der Waals surface area contributed by atoms with Crippen LogP contribution in [0, 0.1) is 22.7 Å². The molecule has 0 N–H and O–H groups in total. The van der Waals surface area contributed by atoms with Crippen LogP contribution in [0.3, 0.4) is 0 Å². The minimum atomic E-state index is -0.413. The summed E-state index contributed by atoms with van der Waals surface area (Å²) in [5.74, 6) is 1.32. The van der Waals surface area contributed by atoms with Gasteiger partial charge in [0.25, 0.3) is 0 Å². The van der Waals surface area contributed by atoms with Crippen molar-refractivity contribution in [1.29, 1.82) is 5.26 Å². The van der Waals surface area contributed by atoms with Crippen LogP contribution in [0.15, 0.2) is 45.8 Å². The van der Waals surface area contributed by atoms with Gasteiger partial charge in [-0.2, -0.15) is 5.26 Å². The zero-order valence-electron chi connectivity index (χ0n) is 18.8. The normalized spacial score (nSPS) is 16.0. The first-order chi connectivity index (χ1) is 15.3. The van der Waals surface area contributed by atoms with Crippen molar-refractivity contribution in [2.75, 3.05) is 7.11 Å². The van der Waals surface area contributed by atoms with Gasteiger partial charge in [0.15, 0.2) is 0 Å². The molecule has 0 saturated carbocycles. The SMILES string of the molecule is COC(=O)c1ccccc1-c1ccc(C=Nc2sc3c(c2C#N)CC[C@H](C(C)(C)C)C3)o1. The van der Waals surface area contributed by atoms with Crippen molar-refractivity contribution in [3.63, 3.8) is 0 Å². The number of furan rings is 1. The summed E-state index contributed by atoms with van der Waals surface area (Å²) in [7, 11) is 1.36. The molecule has 0 spiro atoms. The first kappa shape index (κ1) is 22.0. The highest BCUT2D eigenvalue weighted by molar-refractivity contribution is 7.16. The second-order valence-electron chi connectivity index (χ2n) is 9.10. The van der Waals surface area contributed by atoms with E-state index in [4.69, 9.17) is 9.15 Å². The van der Waals surface area contributed by atoms with Crippen LogP contribution in [0.2, 0.25) is 0 Å². The van der Waals surface area contributed by atoms with Gasteiger partial charge in [0, 0.05) is 10.4 Å². The Morgan fingerprint density at radius 2 is 2.06 bits per heavy atom. The first-order valence-electron chi connectivity index (χ1n) is 10.7. The molecule has 1 aliphatic rings. The minimum absolute atomic E-state index is 0.253. The lowest BCUT2D eigenvalue weighted by Gasteiger charge is -2.33. The molecule has 0 fully saturated rings. The van der Waals surface area contributed by atoms with Crippen LogP contribution in [0.5, 0.6) is 0 Å². The molecule has 2 heterocycles. The highest BCUT2D eigenvalue weighted by atomic mass is 32.1. The third-order valence-corrected chi connectivity index (χ3v) is 7.28. The summed E-state index contributed by atoms with van der Waals surface area (Å²) in [6, 6.07) is 13.1. The van der Waals surface area contributed by atoms with Crippen LogP contribution in [0.1, 0.15) is 59.3 Å². The van der Waals surface area contributed by atoms with Gasteiger partial charge in [-0.3, -0.25) is 0 Å². The maximum atomic E-state index is 12.1. The zero-order valence-corrected chi connectivity index (χ0v) is 19.6. The Labute approximate surface area is 192 Å². The van der Waals surface area contributed by atoms with E-state index in [2.05, 4.69) is 31.8 Å². The van der Waals surface area contributed by atoms with Crippen molar-refractivity contribution in [2.45, 2.75) is 40.0 Å². The fraction of sp³-hybridized carbons (Fsp3) is 0.346. The Morgan fingerprint density at radius 1 is 1.28 bits per heavy atom. The molecule has 0 unspecified atom stereocenters. The molecule has 4 rings (SSSR count). The van der Waals surface area contributed by atoms with Crippen molar-refractivity contribution < 1.29 is 13.9 Å². The number of fused-ring (bicyclic) bond motifs is 1. The largest absolute Gasteiger partial charge is 0.465 e. The number of aliphatic imine (C=N–C) groups is 1. The van der Waals surface area contributed by atoms with Crippen LogP contribution in [-0.4, -0.2) is 19.3 Å². The summed E-state index contributed by atoms with van der Waals surface area (Å²) in [5, 5.41) is 10.5. The van der Waals surface area contributed by atoms with Gasteiger partial charge >= 0.3 is 5.97 Å². The number of esters is 1. The second-order valence-corrected chi connectivity index (χ2v) is 10.2. The van der Waals surface area contributed by atoms with Gasteiger partial charge in [-0.05, 0) is 54.4 Å². The first-order valence-corrected chi connectivity index (χ1v) is 11.5. The maximum Gasteiger partial charge on any atom is 0.338 e. The van der Waals surface area contributed by atoms with E-state index >= 15 is 0 Å². The molecular weight excluding hydrogens is 420 g/mol. The summed E-state index contributed by atoms with van der Waals surface area (Å²) in [6.45, 7) is 6.86. The molecule has 0 aliphatic heterocycles. The molecular formula is C26H26N2O3S. The van der Waals surface area contributed by atoms with Gasteiger partial charge in [0.05, 0.1) is 24.5 Å². The average Bonchev–Trinajstić information content (AvgIpc) is 3.40. The summed E-state index contributed by atoms with van der Waals surface area (Å²) >= 11 is 1.61. The number of nitriles is 1. The predicted octanol–water partition coefficient (Wildman–Crippen LogP) is 6.57. The van der Waals surface area contributed by atoms with E-state index < -0.39 is 5.97 Å². The van der Waals surface area contributed by atoms with Crippen molar-refractivity contribution in [3.05, 3.63) is 63.7 Å². The van der Waals surface area contributed by atoms with Crippen LogP contribution in [0.25, 0.3) is 11.3 Å². The fourth-order valence-corrected chi connectivity index (χ4v) is 5.41. The molecule has 6 heteroatoms. The number of hydrogen-bond acceptors (Lipinski definition) is 6. The molecule has 1 aromatic carbocycles. The molecule has 5 nitrogen and oxygen atoms in total. The van der Waals surface area contributed by atoms with Crippen LogP contribution < -0.4 is 0 Å². The summed E-state index contributed by atoms with van der Waals surface area (Å²) < 4.78 is 10.8. The number of benzene rings is 1. The third kappa shape index (κ3) is 4.26. The van der Waals surface area contributed by atoms with Gasteiger partial charge in [-0.15, -0.1) is 11.3 Å². The van der Waals surface area contributed by atoms with Gasteiger partial charge in [-0.25, -0.2) is 9.79 Å². The number of rotatable bonds is 4. The number of thiophene rings is 1. The molecule has 32 heavy (non-hydrogen) atoms.